The summed E-state index contributed by atoms with van der Waals surface area (Å²) in [5, 5.41) is 0. The van der Waals surface area contributed by atoms with Crippen molar-refractivity contribution in [2.45, 2.75) is 47.1 Å². The summed E-state index contributed by atoms with van der Waals surface area (Å²) in [7, 11) is 1.82. The van der Waals surface area contributed by atoms with Crippen LogP contribution in [0.1, 0.15) is 41.0 Å². The Morgan fingerprint density at radius 3 is 2.13 bits per heavy atom. The first-order valence-corrected chi connectivity index (χ1v) is 5.64. The number of amides is 1. The van der Waals surface area contributed by atoms with Crippen molar-refractivity contribution in [3.63, 3.8) is 0 Å². The second kappa shape index (κ2) is 5.50. The first-order chi connectivity index (χ1) is 6.64. The smallest absolute Gasteiger partial charge is 0.222 e. The molecular formula is C12H26N2O. The molecule has 0 aliphatic heterocycles. The molecule has 0 aliphatic carbocycles. The molecular weight excluding hydrogens is 188 g/mol. The molecule has 0 spiro atoms. The predicted molar refractivity (Wildman–Crippen MR) is 64.5 cm³/mol. The Hall–Kier alpha value is -0.570. The highest BCUT2D eigenvalue weighted by Gasteiger charge is 2.24. The summed E-state index contributed by atoms with van der Waals surface area (Å²) in [5.74, 6) is 0.579. The van der Waals surface area contributed by atoms with E-state index in [-0.39, 0.29) is 17.4 Å². The van der Waals surface area contributed by atoms with Crippen molar-refractivity contribution >= 4 is 5.91 Å². The lowest BCUT2D eigenvalue weighted by atomic mass is 9.80. The normalized spacial score (nSPS) is 15.9. The average molecular weight is 214 g/mol. The van der Waals surface area contributed by atoms with Gasteiger partial charge in [-0.05, 0) is 18.3 Å². The summed E-state index contributed by atoms with van der Waals surface area (Å²) in [4.78, 5) is 13.5. The van der Waals surface area contributed by atoms with E-state index in [9.17, 15) is 4.79 Å². The Kier molecular flexibility index (Phi) is 5.29. The first-order valence-electron chi connectivity index (χ1n) is 5.64. The summed E-state index contributed by atoms with van der Waals surface area (Å²) in [6.45, 7) is 11.2. The van der Waals surface area contributed by atoms with Crippen LogP contribution in [0.2, 0.25) is 0 Å². The molecule has 3 nitrogen and oxygen atoms in total. The van der Waals surface area contributed by atoms with Gasteiger partial charge < -0.3 is 10.6 Å². The van der Waals surface area contributed by atoms with Crippen LogP contribution in [-0.4, -0.2) is 30.4 Å². The SMILES string of the molecule is CC(N)CN(C)C(=O)CC(C)C(C)(C)C. The average Bonchev–Trinajstić information content (AvgIpc) is 2.00. The Morgan fingerprint density at radius 2 is 1.80 bits per heavy atom. The second-order valence-electron chi connectivity index (χ2n) is 5.72. The number of likely N-dealkylation sites (N-methyl/N-ethyl adjacent to an activating group) is 1. The Labute approximate surface area is 94.0 Å². The standard InChI is InChI=1S/C12H26N2O/c1-9(12(3,4)5)7-11(15)14(6)8-10(2)13/h9-10H,7-8,13H2,1-6H3. The number of hydrogen-bond donors (Lipinski definition) is 1. The number of carbonyl (C=O) groups excluding carboxylic acids is 1. The maximum Gasteiger partial charge on any atom is 0.222 e. The molecule has 2 N–H and O–H groups in total. The van der Waals surface area contributed by atoms with E-state index in [2.05, 4.69) is 27.7 Å². The molecule has 0 saturated carbocycles. The Balaban J connectivity index is 4.14. The lowest BCUT2D eigenvalue weighted by molar-refractivity contribution is -0.131. The van der Waals surface area contributed by atoms with Gasteiger partial charge in [0.05, 0.1) is 0 Å². The minimum Gasteiger partial charge on any atom is -0.344 e. The van der Waals surface area contributed by atoms with Gasteiger partial charge in [-0.25, -0.2) is 0 Å². The minimum atomic E-state index is 0.0453. The van der Waals surface area contributed by atoms with E-state index in [4.69, 9.17) is 5.73 Å². The zero-order valence-corrected chi connectivity index (χ0v) is 11.0. The van der Waals surface area contributed by atoms with E-state index in [0.29, 0.717) is 18.9 Å². The molecule has 3 heteroatoms. The zero-order chi connectivity index (χ0) is 12.2. The van der Waals surface area contributed by atoms with Gasteiger partial charge in [-0.3, -0.25) is 4.79 Å². The molecule has 0 aromatic rings. The van der Waals surface area contributed by atoms with Crippen molar-refractivity contribution in [3.05, 3.63) is 0 Å². The molecule has 0 fully saturated rings. The Morgan fingerprint density at radius 1 is 1.33 bits per heavy atom. The first kappa shape index (κ1) is 14.4. The molecule has 0 saturated heterocycles. The summed E-state index contributed by atoms with van der Waals surface area (Å²) in [6.07, 6.45) is 0.604. The number of rotatable bonds is 4. The minimum absolute atomic E-state index is 0.0453. The van der Waals surface area contributed by atoms with Gasteiger partial charge in [-0.1, -0.05) is 27.7 Å². The maximum atomic E-state index is 11.8. The third-order valence-corrected chi connectivity index (χ3v) is 2.95. The highest BCUT2D eigenvalue weighted by molar-refractivity contribution is 5.76. The summed E-state index contributed by atoms with van der Waals surface area (Å²) >= 11 is 0. The van der Waals surface area contributed by atoms with Crippen LogP contribution in [0.5, 0.6) is 0 Å². The highest BCUT2D eigenvalue weighted by Crippen LogP contribution is 2.28. The zero-order valence-electron chi connectivity index (χ0n) is 11.0. The molecule has 90 valence electrons. The molecule has 0 aromatic carbocycles. The third-order valence-electron chi connectivity index (χ3n) is 2.95. The van der Waals surface area contributed by atoms with Crippen LogP contribution in [-0.2, 0) is 4.79 Å². The monoisotopic (exact) mass is 214 g/mol. The fourth-order valence-electron chi connectivity index (χ4n) is 1.26. The van der Waals surface area contributed by atoms with Crippen molar-refractivity contribution < 1.29 is 4.79 Å². The summed E-state index contributed by atoms with van der Waals surface area (Å²) < 4.78 is 0. The van der Waals surface area contributed by atoms with Crippen LogP contribution in [0, 0.1) is 11.3 Å². The van der Waals surface area contributed by atoms with E-state index in [1.54, 1.807) is 4.90 Å². The third kappa shape index (κ3) is 5.78. The van der Waals surface area contributed by atoms with Crippen molar-refractivity contribution in [1.29, 1.82) is 0 Å². The van der Waals surface area contributed by atoms with Crippen molar-refractivity contribution in [2.75, 3.05) is 13.6 Å². The van der Waals surface area contributed by atoms with Crippen LogP contribution in [0.4, 0.5) is 0 Å². The van der Waals surface area contributed by atoms with Gasteiger partial charge in [-0.15, -0.1) is 0 Å². The molecule has 1 amide bonds. The fraction of sp³-hybridized carbons (Fsp3) is 0.917. The van der Waals surface area contributed by atoms with Gasteiger partial charge in [0.1, 0.15) is 0 Å². The molecule has 0 heterocycles. The molecule has 0 bridgehead atoms. The van der Waals surface area contributed by atoms with Crippen LogP contribution in [0.15, 0.2) is 0 Å². The van der Waals surface area contributed by atoms with Crippen LogP contribution < -0.4 is 5.73 Å². The van der Waals surface area contributed by atoms with Gasteiger partial charge >= 0.3 is 0 Å². The van der Waals surface area contributed by atoms with Crippen LogP contribution in [0.25, 0.3) is 0 Å². The quantitative estimate of drug-likeness (QED) is 0.776. The van der Waals surface area contributed by atoms with Crippen LogP contribution in [0.3, 0.4) is 0 Å². The number of hydrogen-bond acceptors (Lipinski definition) is 2. The molecule has 0 rings (SSSR count). The van der Waals surface area contributed by atoms with Gasteiger partial charge in [0.2, 0.25) is 5.91 Å². The van der Waals surface area contributed by atoms with E-state index < -0.39 is 0 Å². The highest BCUT2D eigenvalue weighted by atomic mass is 16.2. The topological polar surface area (TPSA) is 46.3 Å². The molecule has 15 heavy (non-hydrogen) atoms. The largest absolute Gasteiger partial charge is 0.344 e. The lowest BCUT2D eigenvalue weighted by Crippen LogP contribution is -2.38. The molecule has 0 radical (unpaired) electrons. The maximum absolute atomic E-state index is 11.8. The number of nitrogens with two attached hydrogens (primary N) is 1. The molecule has 2 atom stereocenters. The van der Waals surface area contributed by atoms with Gasteiger partial charge in [0.15, 0.2) is 0 Å². The van der Waals surface area contributed by atoms with Crippen molar-refractivity contribution in [3.8, 4) is 0 Å². The Bertz CT molecular complexity index is 206. The van der Waals surface area contributed by atoms with Crippen LogP contribution >= 0.6 is 0 Å². The van der Waals surface area contributed by atoms with E-state index >= 15 is 0 Å². The van der Waals surface area contributed by atoms with Gasteiger partial charge in [-0.2, -0.15) is 0 Å². The molecule has 2 unspecified atom stereocenters. The van der Waals surface area contributed by atoms with Gasteiger partial charge in [0, 0.05) is 26.1 Å². The summed E-state index contributed by atoms with van der Waals surface area (Å²) in [6, 6.07) is 0.0453. The van der Waals surface area contributed by atoms with Crippen molar-refractivity contribution in [1.82, 2.24) is 4.90 Å². The molecule has 0 aliphatic rings. The van der Waals surface area contributed by atoms with E-state index in [0.717, 1.165) is 0 Å². The fourth-order valence-corrected chi connectivity index (χ4v) is 1.26. The van der Waals surface area contributed by atoms with Crippen molar-refractivity contribution in [2.24, 2.45) is 17.1 Å². The predicted octanol–water partition coefficient (Wildman–Crippen LogP) is 1.86. The lowest BCUT2D eigenvalue weighted by Gasteiger charge is -2.29. The number of carbonyl (C=O) groups is 1. The molecule has 0 aromatic heterocycles. The van der Waals surface area contributed by atoms with E-state index in [1.165, 1.54) is 0 Å². The summed E-state index contributed by atoms with van der Waals surface area (Å²) in [5.41, 5.74) is 5.84. The second-order valence-corrected chi connectivity index (χ2v) is 5.72. The van der Waals surface area contributed by atoms with Gasteiger partial charge in [0.25, 0.3) is 0 Å². The van der Waals surface area contributed by atoms with E-state index in [1.807, 2.05) is 14.0 Å². The number of nitrogens with zero attached hydrogens (tertiary/aromatic N) is 1.